The van der Waals surface area contributed by atoms with Gasteiger partial charge in [0.15, 0.2) is 0 Å². The fraction of sp³-hybridized carbons (Fsp3) is 0.357. The van der Waals surface area contributed by atoms with Gasteiger partial charge in [0.25, 0.3) is 11.6 Å². The lowest BCUT2D eigenvalue weighted by Gasteiger charge is -2.23. The van der Waals surface area contributed by atoms with E-state index < -0.39 is 4.92 Å². The molecule has 0 unspecified atom stereocenters. The topological polar surface area (TPSA) is 84.3 Å². The first-order chi connectivity index (χ1) is 10.1. The minimum absolute atomic E-state index is 0.0451. The molecule has 0 spiro atoms. The molecule has 1 aliphatic rings. The molecule has 1 amide bonds. The molecule has 1 aliphatic heterocycles. The zero-order valence-corrected chi connectivity index (χ0v) is 12.1. The molecule has 1 fully saturated rings. The summed E-state index contributed by atoms with van der Waals surface area (Å²) in [4.78, 5) is 23.2. The Kier molecular flexibility index (Phi) is 3.85. The van der Waals surface area contributed by atoms with Crippen molar-refractivity contribution >= 4 is 33.0 Å². The van der Waals surface area contributed by atoms with Gasteiger partial charge in [0.05, 0.1) is 9.80 Å². The second-order valence-electron chi connectivity index (χ2n) is 5.11. The molecule has 1 aromatic carbocycles. The number of carbonyl (C=O) groups is 1. The van der Waals surface area contributed by atoms with E-state index >= 15 is 0 Å². The van der Waals surface area contributed by atoms with Crippen LogP contribution in [0.4, 0.5) is 5.69 Å². The van der Waals surface area contributed by atoms with Crippen molar-refractivity contribution in [3.8, 4) is 0 Å². The number of nitrogens with one attached hydrogen (secondary N) is 2. The predicted octanol–water partition coefficient (Wildman–Crippen LogP) is 2.29. The number of hydrogen-bond acceptors (Lipinski definition) is 5. The van der Waals surface area contributed by atoms with Crippen molar-refractivity contribution in [3.05, 3.63) is 39.3 Å². The van der Waals surface area contributed by atoms with Crippen LogP contribution in [0.3, 0.4) is 0 Å². The second-order valence-corrected chi connectivity index (χ2v) is 6.19. The van der Waals surface area contributed by atoms with Crippen LogP contribution in [0, 0.1) is 10.1 Å². The molecule has 2 heterocycles. The van der Waals surface area contributed by atoms with Crippen molar-refractivity contribution in [3.63, 3.8) is 0 Å². The quantitative estimate of drug-likeness (QED) is 0.673. The number of nitrogens with zero attached hydrogens (tertiary/aromatic N) is 1. The van der Waals surface area contributed by atoms with Crippen molar-refractivity contribution in [1.82, 2.24) is 10.6 Å². The lowest BCUT2D eigenvalue weighted by atomic mass is 10.1. The van der Waals surface area contributed by atoms with Crippen LogP contribution in [0.2, 0.25) is 0 Å². The van der Waals surface area contributed by atoms with Crippen LogP contribution < -0.4 is 10.6 Å². The summed E-state index contributed by atoms with van der Waals surface area (Å²) in [6.45, 7) is 1.79. The van der Waals surface area contributed by atoms with Crippen molar-refractivity contribution in [2.45, 2.75) is 18.9 Å². The van der Waals surface area contributed by atoms with Gasteiger partial charge in [0.2, 0.25) is 0 Å². The van der Waals surface area contributed by atoms with E-state index in [0.717, 1.165) is 36.0 Å². The van der Waals surface area contributed by atoms with Gasteiger partial charge in [-0.3, -0.25) is 14.9 Å². The first-order valence-corrected chi connectivity index (χ1v) is 7.65. The number of carbonyl (C=O) groups excluding carboxylic acids is 1. The molecule has 21 heavy (non-hydrogen) atoms. The normalized spacial score (nSPS) is 18.6. The maximum Gasteiger partial charge on any atom is 0.270 e. The molecule has 1 atom stereocenters. The van der Waals surface area contributed by atoms with Gasteiger partial charge in [-0.25, -0.2) is 0 Å². The van der Waals surface area contributed by atoms with Gasteiger partial charge in [0.1, 0.15) is 0 Å². The summed E-state index contributed by atoms with van der Waals surface area (Å²) in [5, 5.41) is 17.8. The summed E-state index contributed by atoms with van der Waals surface area (Å²) in [6, 6.07) is 6.54. The van der Waals surface area contributed by atoms with Crippen LogP contribution >= 0.6 is 11.3 Å². The zero-order chi connectivity index (χ0) is 14.8. The van der Waals surface area contributed by atoms with Gasteiger partial charge in [-0.1, -0.05) is 0 Å². The average Bonchev–Trinajstić information content (AvgIpc) is 2.91. The highest BCUT2D eigenvalue weighted by Gasteiger charge is 2.18. The number of nitro benzene ring substituents is 1. The molecule has 2 N–H and O–H groups in total. The molecule has 0 radical (unpaired) electrons. The Morgan fingerprint density at radius 2 is 2.29 bits per heavy atom. The molecule has 6 nitrogen and oxygen atoms in total. The highest BCUT2D eigenvalue weighted by Crippen LogP contribution is 2.29. The Labute approximate surface area is 125 Å². The fourth-order valence-corrected chi connectivity index (χ4v) is 3.43. The molecule has 1 aromatic heterocycles. The Morgan fingerprint density at radius 1 is 1.43 bits per heavy atom. The first kappa shape index (κ1) is 14.0. The number of non-ortho nitro benzene ring substituents is 1. The van der Waals surface area contributed by atoms with Crippen molar-refractivity contribution in [2.24, 2.45) is 0 Å². The standard InChI is InChI=1S/C14H15N3O3S/c18-14(16-10-2-1-5-15-8-10)13-7-9-6-11(17(19)20)3-4-12(9)21-13/h3-4,6-7,10,15H,1-2,5,8H2,(H,16,18)/t10-/m0/s1. The summed E-state index contributed by atoms with van der Waals surface area (Å²) < 4.78 is 0.882. The van der Waals surface area contributed by atoms with Gasteiger partial charge in [-0.15, -0.1) is 11.3 Å². The lowest BCUT2D eigenvalue weighted by Crippen LogP contribution is -2.45. The third-order valence-corrected chi connectivity index (χ3v) is 4.68. The molecular weight excluding hydrogens is 290 g/mol. The minimum atomic E-state index is -0.426. The second kappa shape index (κ2) is 5.79. The number of amides is 1. The summed E-state index contributed by atoms with van der Waals surface area (Å²) in [5.41, 5.74) is 0.0451. The Hall–Kier alpha value is -1.99. The van der Waals surface area contributed by atoms with Gasteiger partial charge < -0.3 is 10.6 Å². The Balaban J connectivity index is 1.79. The number of benzene rings is 1. The Morgan fingerprint density at radius 3 is 3.00 bits per heavy atom. The lowest BCUT2D eigenvalue weighted by molar-refractivity contribution is -0.384. The number of hydrogen-bond donors (Lipinski definition) is 2. The van der Waals surface area contributed by atoms with E-state index in [-0.39, 0.29) is 17.6 Å². The maximum absolute atomic E-state index is 12.2. The average molecular weight is 305 g/mol. The number of thiophene rings is 1. The van der Waals surface area contributed by atoms with E-state index in [0.29, 0.717) is 4.88 Å². The van der Waals surface area contributed by atoms with Gasteiger partial charge in [-0.2, -0.15) is 0 Å². The molecule has 3 rings (SSSR count). The summed E-state index contributed by atoms with van der Waals surface area (Å²) >= 11 is 1.36. The van der Waals surface area contributed by atoms with Crippen molar-refractivity contribution in [2.75, 3.05) is 13.1 Å². The van der Waals surface area contributed by atoms with Crippen LogP contribution in [0.5, 0.6) is 0 Å². The van der Waals surface area contributed by atoms with E-state index in [9.17, 15) is 14.9 Å². The molecule has 0 saturated carbocycles. The number of rotatable bonds is 3. The summed E-state index contributed by atoms with van der Waals surface area (Å²) in [6.07, 6.45) is 2.04. The van der Waals surface area contributed by atoms with Crippen molar-refractivity contribution < 1.29 is 9.72 Å². The predicted molar refractivity (Wildman–Crippen MR) is 81.8 cm³/mol. The number of fused-ring (bicyclic) bond motifs is 1. The SMILES string of the molecule is O=C(N[C@H]1CCCNC1)c1cc2cc([N+](=O)[O-])ccc2s1. The Bertz CT molecular complexity index is 692. The smallest absolute Gasteiger partial charge is 0.270 e. The number of nitro groups is 1. The van der Waals surface area contributed by atoms with Crippen LogP contribution in [0.15, 0.2) is 24.3 Å². The zero-order valence-electron chi connectivity index (χ0n) is 11.3. The minimum Gasteiger partial charge on any atom is -0.347 e. The van der Waals surface area contributed by atoms with E-state index in [4.69, 9.17) is 0 Å². The molecule has 1 saturated heterocycles. The van der Waals surface area contributed by atoms with Gasteiger partial charge in [0, 0.05) is 34.8 Å². The van der Waals surface area contributed by atoms with Crippen LogP contribution in [0.25, 0.3) is 10.1 Å². The summed E-state index contributed by atoms with van der Waals surface area (Å²) in [5.74, 6) is -0.104. The molecular formula is C14H15N3O3S. The largest absolute Gasteiger partial charge is 0.347 e. The van der Waals surface area contributed by atoms with Gasteiger partial charge >= 0.3 is 0 Å². The highest BCUT2D eigenvalue weighted by molar-refractivity contribution is 7.20. The third-order valence-electron chi connectivity index (χ3n) is 3.57. The summed E-state index contributed by atoms with van der Waals surface area (Å²) in [7, 11) is 0. The molecule has 110 valence electrons. The number of piperidine rings is 1. The highest BCUT2D eigenvalue weighted by atomic mass is 32.1. The van der Waals surface area contributed by atoms with E-state index in [1.54, 1.807) is 12.1 Å². The van der Waals surface area contributed by atoms with E-state index in [2.05, 4.69) is 10.6 Å². The monoisotopic (exact) mass is 305 g/mol. The molecule has 0 aliphatic carbocycles. The molecule has 2 aromatic rings. The van der Waals surface area contributed by atoms with Gasteiger partial charge in [-0.05, 0) is 31.5 Å². The van der Waals surface area contributed by atoms with E-state index in [1.165, 1.54) is 23.5 Å². The van der Waals surface area contributed by atoms with Crippen LogP contribution in [-0.2, 0) is 0 Å². The first-order valence-electron chi connectivity index (χ1n) is 6.83. The van der Waals surface area contributed by atoms with Crippen LogP contribution in [0.1, 0.15) is 22.5 Å². The van der Waals surface area contributed by atoms with E-state index in [1.807, 2.05) is 0 Å². The molecule has 0 bridgehead atoms. The van der Waals surface area contributed by atoms with Crippen LogP contribution in [-0.4, -0.2) is 30.0 Å². The third kappa shape index (κ3) is 3.03. The fourth-order valence-electron chi connectivity index (χ4n) is 2.49. The van der Waals surface area contributed by atoms with Crippen molar-refractivity contribution in [1.29, 1.82) is 0 Å². The molecule has 7 heteroatoms. The maximum atomic E-state index is 12.2.